The Labute approximate surface area is 125 Å². The number of hydrogen-bond donors (Lipinski definition) is 1. The summed E-state index contributed by atoms with van der Waals surface area (Å²) in [5.74, 6) is 0.793. The summed E-state index contributed by atoms with van der Waals surface area (Å²) < 4.78 is 15.2. The lowest BCUT2D eigenvalue weighted by atomic mass is 10.0. The third-order valence-corrected chi connectivity index (χ3v) is 3.48. The predicted molar refractivity (Wildman–Crippen MR) is 81.6 cm³/mol. The first-order valence-electron chi connectivity index (χ1n) is 7.57. The van der Waals surface area contributed by atoms with Gasteiger partial charge >= 0.3 is 0 Å². The molecule has 0 bridgehead atoms. The SMILES string of the molecule is CCCNC(Cc1cccc(F)c1)Cc1ncnn1CC. The quantitative estimate of drug-likeness (QED) is 0.812. The van der Waals surface area contributed by atoms with Crippen molar-refractivity contribution in [1.82, 2.24) is 20.1 Å². The van der Waals surface area contributed by atoms with Crippen LogP contribution in [-0.2, 0) is 19.4 Å². The molecule has 1 aromatic carbocycles. The average molecular weight is 290 g/mol. The molecule has 0 radical (unpaired) electrons. The van der Waals surface area contributed by atoms with Crippen LogP contribution in [0.4, 0.5) is 4.39 Å². The number of halogens is 1. The van der Waals surface area contributed by atoms with E-state index in [-0.39, 0.29) is 11.9 Å². The van der Waals surface area contributed by atoms with Crippen LogP contribution in [0.3, 0.4) is 0 Å². The molecule has 0 fully saturated rings. The summed E-state index contributed by atoms with van der Waals surface area (Å²) in [4.78, 5) is 4.33. The van der Waals surface area contributed by atoms with Crippen molar-refractivity contribution in [1.29, 1.82) is 0 Å². The normalized spacial score (nSPS) is 12.5. The van der Waals surface area contributed by atoms with Gasteiger partial charge in [0.25, 0.3) is 0 Å². The third kappa shape index (κ3) is 4.63. The first-order valence-corrected chi connectivity index (χ1v) is 7.57. The van der Waals surface area contributed by atoms with Gasteiger partial charge in [0.1, 0.15) is 18.0 Å². The van der Waals surface area contributed by atoms with Crippen LogP contribution in [-0.4, -0.2) is 27.4 Å². The number of benzene rings is 1. The molecule has 114 valence electrons. The summed E-state index contributed by atoms with van der Waals surface area (Å²) in [6.45, 7) is 5.95. The zero-order valence-corrected chi connectivity index (χ0v) is 12.7. The van der Waals surface area contributed by atoms with E-state index in [9.17, 15) is 4.39 Å². The maximum Gasteiger partial charge on any atom is 0.138 e. The highest BCUT2D eigenvalue weighted by Crippen LogP contribution is 2.10. The van der Waals surface area contributed by atoms with Crippen LogP contribution < -0.4 is 5.32 Å². The van der Waals surface area contributed by atoms with Crippen LogP contribution in [0, 0.1) is 5.82 Å². The molecule has 0 amide bonds. The van der Waals surface area contributed by atoms with Crippen molar-refractivity contribution in [3.8, 4) is 0 Å². The van der Waals surface area contributed by atoms with Gasteiger partial charge in [-0.05, 0) is 44.0 Å². The van der Waals surface area contributed by atoms with Gasteiger partial charge in [-0.2, -0.15) is 5.10 Å². The van der Waals surface area contributed by atoms with Crippen LogP contribution in [0.2, 0.25) is 0 Å². The van der Waals surface area contributed by atoms with E-state index in [1.165, 1.54) is 6.07 Å². The second-order valence-corrected chi connectivity index (χ2v) is 5.18. The number of aromatic nitrogens is 3. The molecule has 21 heavy (non-hydrogen) atoms. The Kier molecular flexibility index (Phi) is 5.87. The van der Waals surface area contributed by atoms with E-state index < -0.39 is 0 Å². The molecule has 2 rings (SSSR count). The predicted octanol–water partition coefficient (Wildman–Crippen LogP) is 2.59. The number of nitrogens with zero attached hydrogens (tertiary/aromatic N) is 3. The Hall–Kier alpha value is -1.75. The molecule has 0 spiro atoms. The highest BCUT2D eigenvalue weighted by Gasteiger charge is 2.14. The van der Waals surface area contributed by atoms with Gasteiger partial charge in [0.05, 0.1) is 0 Å². The van der Waals surface area contributed by atoms with Crippen molar-refractivity contribution in [2.24, 2.45) is 0 Å². The van der Waals surface area contributed by atoms with Gasteiger partial charge in [-0.25, -0.2) is 9.37 Å². The largest absolute Gasteiger partial charge is 0.313 e. The fraction of sp³-hybridized carbons (Fsp3) is 0.500. The Morgan fingerprint density at radius 2 is 2.14 bits per heavy atom. The van der Waals surface area contributed by atoms with Crippen LogP contribution in [0.15, 0.2) is 30.6 Å². The second-order valence-electron chi connectivity index (χ2n) is 5.18. The summed E-state index contributed by atoms with van der Waals surface area (Å²) in [5, 5.41) is 7.73. The Morgan fingerprint density at radius 1 is 1.29 bits per heavy atom. The zero-order valence-electron chi connectivity index (χ0n) is 12.7. The molecule has 1 unspecified atom stereocenters. The summed E-state index contributed by atoms with van der Waals surface area (Å²) in [6, 6.07) is 7.04. The lowest BCUT2D eigenvalue weighted by Gasteiger charge is -2.18. The zero-order chi connectivity index (χ0) is 15.1. The van der Waals surface area contributed by atoms with E-state index in [0.717, 1.165) is 43.7 Å². The molecule has 1 heterocycles. The minimum absolute atomic E-state index is 0.182. The fourth-order valence-corrected chi connectivity index (χ4v) is 2.44. The van der Waals surface area contributed by atoms with E-state index in [4.69, 9.17) is 0 Å². The summed E-state index contributed by atoms with van der Waals surface area (Å²) in [5.41, 5.74) is 1.01. The highest BCUT2D eigenvalue weighted by atomic mass is 19.1. The topological polar surface area (TPSA) is 42.7 Å². The average Bonchev–Trinajstić information content (AvgIpc) is 2.92. The first-order chi connectivity index (χ1) is 10.2. The van der Waals surface area contributed by atoms with E-state index in [1.54, 1.807) is 18.5 Å². The molecule has 5 heteroatoms. The molecule has 0 aliphatic carbocycles. The van der Waals surface area contributed by atoms with Crippen LogP contribution >= 0.6 is 0 Å². The van der Waals surface area contributed by atoms with Gasteiger partial charge in [0.15, 0.2) is 0 Å². The van der Waals surface area contributed by atoms with Gasteiger partial charge in [-0.1, -0.05) is 19.1 Å². The lowest BCUT2D eigenvalue weighted by Crippen LogP contribution is -2.34. The molecule has 0 aliphatic rings. The van der Waals surface area contributed by atoms with Crippen molar-refractivity contribution < 1.29 is 4.39 Å². The van der Waals surface area contributed by atoms with E-state index >= 15 is 0 Å². The first kappa shape index (κ1) is 15.6. The van der Waals surface area contributed by atoms with Crippen molar-refractivity contribution in [2.45, 2.75) is 45.7 Å². The third-order valence-electron chi connectivity index (χ3n) is 3.48. The van der Waals surface area contributed by atoms with Crippen molar-refractivity contribution in [2.75, 3.05) is 6.54 Å². The van der Waals surface area contributed by atoms with Crippen molar-refractivity contribution in [3.05, 3.63) is 47.8 Å². The number of aryl methyl sites for hydroxylation is 1. The summed E-state index contributed by atoms with van der Waals surface area (Å²) in [7, 11) is 0. The molecule has 1 N–H and O–H groups in total. The van der Waals surface area contributed by atoms with E-state index in [1.807, 2.05) is 10.7 Å². The van der Waals surface area contributed by atoms with Crippen LogP contribution in [0.25, 0.3) is 0 Å². The summed E-state index contributed by atoms with van der Waals surface area (Å²) >= 11 is 0. The van der Waals surface area contributed by atoms with Gasteiger partial charge in [0.2, 0.25) is 0 Å². The number of rotatable bonds is 8. The molecular formula is C16H23FN4. The molecule has 1 aromatic heterocycles. The smallest absolute Gasteiger partial charge is 0.138 e. The lowest BCUT2D eigenvalue weighted by molar-refractivity contribution is 0.477. The molecule has 4 nitrogen and oxygen atoms in total. The van der Waals surface area contributed by atoms with Gasteiger partial charge in [-0.15, -0.1) is 0 Å². The summed E-state index contributed by atoms with van der Waals surface area (Å²) in [6.07, 6.45) is 4.25. The number of hydrogen-bond acceptors (Lipinski definition) is 3. The fourth-order valence-electron chi connectivity index (χ4n) is 2.44. The molecular weight excluding hydrogens is 267 g/mol. The highest BCUT2D eigenvalue weighted by molar-refractivity contribution is 5.17. The van der Waals surface area contributed by atoms with E-state index in [0.29, 0.717) is 0 Å². The Balaban J connectivity index is 2.07. The molecule has 0 saturated heterocycles. The molecule has 2 aromatic rings. The van der Waals surface area contributed by atoms with Crippen molar-refractivity contribution >= 4 is 0 Å². The Bertz CT molecular complexity index is 553. The molecule has 0 aliphatic heterocycles. The Morgan fingerprint density at radius 3 is 2.86 bits per heavy atom. The van der Waals surface area contributed by atoms with Gasteiger partial charge < -0.3 is 5.32 Å². The van der Waals surface area contributed by atoms with Crippen LogP contribution in [0.5, 0.6) is 0 Å². The maximum atomic E-state index is 13.3. The standard InChI is InChI=1S/C16H23FN4/c1-3-8-18-15(10-13-6-5-7-14(17)9-13)11-16-19-12-20-21(16)4-2/h5-7,9,12,15,18H,3-4,8,10-11H2,1-2H3. The monoisotopic (exact) mass is 290 g/mol. The maximum absolute atomic E-state index is 13.3. The minimum atomic E-state index is -0.182. The van der Waals surface area contributed by atoms with Gasteiger partial charge in [0, 0.05) is 19.0 Å². The minimum Gasteiger partial charge on any atom is -0.313 e. The van der Waals surface area contributed by atoms with Crippen LogP contribution in [0.1, 0.15) is 31.7 Å². The number of nitrogens with one attached hydrogen (secondary N) is 1. The van der Waals surface area contributed by atoms with Gasteiger partial charge in [-0.3, -0.25) is 4.68 Å². The van der Waals surface area contributed by atoms with Crippen molar-refractivity contribution in [3.63, 3.8) is 0 Å². The molecule has 1 atom stereocenters. The second kappa shape index (κ2) is 7.88. The molecule has 0 saturated carbocycles. The van der Waals surface area contributed by atoms with E-state index in [2.05, 4.69) is 29.2 Å².